The second-order valence-corrected chi connectivity index (χ2v) is 6.90. The second kappa shape index (κ2) is 7.79. The van der Waals surface area contributed by atoms with Crippen LogP contribution >= 0.6 is 0 Å². The smallest absolute Gasteiger partial charge is 0.251 e. The van der Waals surface area contributed by atoms with Crippen LogP contribution in [-0.4, -0.2) is 53.5 Å². The number of benzene rings is 1. The van der Waals surface area contributed by atoms with Gasteiger partial charge in [0.1, 0.15) is 6.10 Å². The summed E-state index contributed by atoms with van der Waals surface area (Å²) in [4.78, 5) is 28.2. The number of nitrogens with zero attached hydrogens (tertiary/aromatic N) is 2. The molecule has 1 fully saturated rings. The van der Waals surface area contributed by atoms with Crippen molar-refractivity contribution in [2.45, 2.75) is 53.4 Å². The summed E-state index contributed by atoms with van der Waals surface area (Å²) < 4.78 is 5.53. The van der Waals surface area contributed by atoms with Gasteiger partial charge in [-0.25, -0.2) is 0 Å². The molecule has 0 saturated carbocycles. The summed E-state index contributed by atoms with van der Waals surface area (Å²) in [7, 11) is 0. The molecule has 0 N–H and O–H groups in total. The van der Waals surface area contributed by atoms with Crippen LogP contribution in [0.4, 0.5) is 0 Å². The molecule has 1 aromatic rings. The van der Waals surface area contributed by atoms with Gasteiger partial charge in [-0.05, 0) is 40.2 Å². The summed E-state index contributed by atoms with van der Waals surface area (Å²) in [6, 6.07) is 6.34. The van der Waals surface area contributed by atoms with Gasteiger partial charge in [0, 0.05) is 19.6 Å². The molecule has 1 atom stereocenters. The van der Waals surface area contributed by atoms with E-state index in [1.807, 2.05) is 18.7 Å². The standard InChI is InChI=1S/C19H28N2O3/c1-13(2)24-16(5)19(23)21-7-6-20(18(22)12-21)11-17-9-14(3)8-15(4)10-17/h8-10,13,16H,6-7,11-12H2,1-5H3. The SMILES string of the molecule is Cc1cc(C)cc(CN2CCN(C(=O)C(C)OC(C)C)CC2=O)c1. The number of hydrogen-bond acceptors (Lipinski definition) is 3. The largest absolute Gasteiger partial charge is 0.366 e. The zero-order chi connectivity index (χ0) is 17.9. The molecule has 0 bridgehead atoms. The molecule has 1 saturated heterocycles. The molecular weight excluding hydrogens is 304 g/mol. The lowest BCUT2D eigenvalue weighted by atomic mass is 10.1. The minimum Gasteiger partial charge on any atom is -0.366 e. The maximum atomic E-state index is 12.4. The Morgan fingerprint density at radius 2 is 1.75 bits per heavy atom. The minimum absolute atomic E-state index is 0.00879. The van der Waals surface area contributed by atoms with Crippen LogP contribution in [0.5, 0.6) is 0 Å². The molecule has 1 aliphatic heterocycles. The quantitative estimate of drug-likeness (QED) is 0.831. The van der Waals surface area contributed by atoms with Crippen molar-refractivity contribution in [2.75, 3.05) is 19.6 Å². The number of carbonyl (C=O) groups is 2. The van der Waals surface area contributed by atoms with Gasteiger partial charge in [0.2, 0.25) is 5.91 Å². The Bertz CT molecular complexity index is 592. The van der Waals surface area contributed by atoms with Gasteiger partial charge < -0.3 is 14.5 Å². The first-order chi connectivity index (χ1) is 11.3. The summed E-state index contributed by atoms with van der Waals surface area (Å²) in [6.45, 7) is 11.5. The number of piperazine rings is 1. The van der Waals surface area contributed by atoms with Crippen molar-refractivity contribution in [3.63, 3.8) is 0 Å². The lowest BCUT2D eigenvalue weighted by Crippen LogP contribution is -2.54. The first-order valence-electron chi connectivity index (χ1n) is 8.55. The summed E-state index contributed by atoms with van der Waals surface area (Å²) >= 11 is 0. The van der Waals surface area contributed by atoms with Crippen LogP contribution in [0.2, 0.25) is 0 Å². The Labute approximate surface area is 144 Å². The molecule has 0 aromatic heterocycles. The predicted molar refractivity (Wildman–Crippen MR) is 93.6 cm³/mol. The zero-order valence-electron chi connectivity index (χ0n) is 15.3. The predicted octanol–water partition coefficient (Wildman–Crippen LogP) is 2.29. The second-order valence-electron chi connectivity index (χ2n) is 6.90. The van der Waals surface area contributed by atoms with Gasteiger partial charge in [0.15, 0.2) is 0 Å². The number of aryl methyl sites for hydroxylation is 2. The summed E-state index contributed by atoms with van der Waals surface area (Å²) in [6.07, 6.45) is -0.519. The Hall–Kier alpha value is -1.88. The third-order valence-electron chi connectivity index (χ3n) is 4.11. The van der Waals surface area contributed by atoms with Gasteiger partial charge in [-0.1, -0.05) is 29.3 Å². The minimum atomic E-state index is -0.510. The van der Waals surface area contributed by atoms with E-state index in [-0.39, 0.29) is 24.5 Å². The van der Waals surface area contributed by atoms with E-state index in [0.29, 0.717) is 19.6 Å². The third kappa shape index (κ3) is 4.81. The summed E-state index contributed by atoms with van der Waals surface area (Å²) in [5.74, 6) is -0.117. The normalized spacial score (nSPS) is 16.7. The Morgan fingerprint density at radius 1 is 1.12 bits per heavy atom. The molecule has 0 aliphatic carbocycles. The maximum absolute atomic E-state index is 12.4. The van der Waals surface area contributed by atoms with Crippen LogP contribution in [0.25, 0.3) is 0 Å². The van der Waals surface area contributed by atoms with E-state index < -0.39 is 6.10 Å². The first kappa shape index (κ1) is 18.5. The van der Waals surface area contributed by atoms with Crippen molar-refractivity contribution in [3.8, 4) is 0 Å². The van der Waals surface area contributed by atoms with Gasteiger partial charge in [-0.2, -0.15) is 0 Å². The van der Waals surface area contributed by atoms with Gasteiger partial charge in [-0.15, -0.1) is 0 Å². The number of amides is 2. The molecule has 0 spiro atoms. The van der Waals surface area contributed by atoms with E-state index in [0.717, 1.165) is 5.56 Å². The number of carbonyl (C=O) groups excluding carboxylic acids is 2. The highest BCUT2D eigenvalue weighted by Gasteiger charge is 2.30. The molecule has 1 aromatic carbocycles. The van der Waals surface area contributed by atoms with Crippen LogP contribution in [0.1, 0.15) is 37.5 Å². The summed E-state index contributed by atoms with van der Waals surface area (Å²) in [5.41, 5.74) is 3.54. The van der Waals surface area contributed by atoms with Gasteiger partial charge in [0.25, 0.3) is 5.91 Å². The molecule has 1 heterocycles. The van der Waals surface area contributed by atoms with Crippen LogP contribution in [0, 0.1) is 13.8 Å². The highest BCUT2D eigenvalue weighted by atomic mass is 16.5. The van der Waals surface area contributed by atoms with E-state index in [4.69, 9.17) is 4.74 Å². The fraction of sp³-hybridized carbons (Fsp3) is 0.579. The topological polar surface area (TPSA) is 49.9 Å². The number of ether oxygens (including phenoxy) is 1. The molecule has 2 rings (SSSR count). The molecule has 5 nitrogen and oxygen atoms in total. The molecule has 1 unspecified atom stereocenters. The summed E-state index contributed by atoms with van der Waals surface area (Å²) in [5, 5.41) is 0. The van der Waals surface area contributed by atoms with E-state index in [1.54, 1.807) is 11.8 Å². The number of rotatable bonds is 5. The van der Waals surface area contributed by atoms with Gasteiger partial charge >= 0.3 is 0 Å². The molecule has 2 amide bonds. The van der Waals surface area contributed by atoms with E-state index in [2.05, 4.69) is 32.0 Å². The van der Waals surface area contributed by atoms with Crippen molar-refractivity contribution >= 4 is 11.8 Å². The third-order valence-corrected chi connectivity index (χ3v) is 4.11. The molecule has 1 aliphatic rings. The van der Waals surface area contributed by atoms with E-state index in [9.17, 15) is 9.59 Å². The molecule has 0 radical (unpaired) electrons. The fourth-order valence-electron chi connectivity index (χ4n) is 3.17. The fourth-order valence-corrected chi connectivity index (χ4v) is 3.17. The molecule has 132 valence electrons. The highest BCUT2D eigenvalue weighted by Crippen LogP contribution is 2.14. The van der Waals surface area contributed by atoms with Gasteiger partial charge in [0.05, 0.1) is 12.6 Å². The zero-order valence-corrected chi connectivity index (χ0v) is 15.3. The van der Waals surface area contributed by atoms with E-state index in [1.165, 1.54) is 11.1 Å². The first-order valence-corrected chi connectivity index (χ1v) is 8.55. The molecule has 5 heteroatoms. The lowest BCUT2D eigenvalue weighted by Gasteiger charge is -2.35. The van der Waals surface area contributed by atoms with Crippen molar-refractivity contribution in [3.05, 3.63) is 34.9 Å². The Balaban J connectivity index is 1.95. The van der Waals surface area contributed by atoms with Crippen molar-refractivity contribution in [1.82, 2.24) is 9.80 Å². The highest BCUT2D eigenvalue weighted by molar-refractivity contribution is 5.87. The molecular formula is C19H28N2O3. The Kier molecular flexibility index (Phi) is 5.99. The monoisotopic (exact) mass is 332 g/mol. The molecule has 24 heavy (non-hydrogen) atoms. The van der Waals surface area contributed by atoms with Crippen molar-refractivity contribution < 1.29 is 14.3 Å². The van der Waals surface area contributed by atoms with Crippen molar-refractivity contribution in [2.24, 2.45) is 0 Å². The van der Waals surface area contributed by atoms with Crippen LogP contribution < -0.4 is 0 Å². The average Bonchev–Trinajstić information content (AvgIpc) is 2.46. The maximum Gasteiger partial charge on any atom is 0.251 e. The number of hydrogen-bond donors (Lipinski definition) is 0. The average molecular weight is 332 g/mol. The van der Waals surface area contributed by atoms with Crippen LogP contribution in [-0.2, 0) is 20.9 Å². The van der Waals surface area contributed by atoms with Crippen LogP contribution in [0.15, 0.2) is 18.2 Å². The van der Waals surface area contributed by atoms with Crippen LogP contribution in [0.3, 0.4) is 0 Å². The van der Waals surface area contributed by atoms with Gasteiger partial charge in [-0.3, -0.25) is 9.59 Å². The van der Waals surface area contributed by atoms with Crippen molar-refractivity contribution in [1.29, 1.82) is 0 Å². The Morgan fingerprint density at radius 3 is 2.29 bits per heavy atom. The van der Waals surface area contributed by atoms with E-state index >= 15 is 0 Å². The lowest BCUT2D eigenvalue weighted by molar-refractivity contribution is -0.153.